The Morgan fingerprint density at radius 2 is 1.67 bits per heavy atom. The van der Waals surface area contributed by atoms with Gasteiger partial charge in [-0.1, -0.05) is 24.3 Å². The minimum absolute atomic E-state index is 0.143. The first kappa shape index (κ1) is 21.2. The van der Waals surface area contributed by atoms with Crippen LogP contribution in [0.5, 0.6) is 11.5 Å². The number of nitrogens with one attached hydrogen (secondary N) is 2. The molecule has 0 saturated carbocycles. The molecular weight excluding hydrogens is 404 g/mol. The van der Waals surface area contributed by atoms with Crippen molar-refractivity contribution >= 4 is 21.6 Å². The Hall–Kier alpha value is -3.52. The van der Waals surface area contributed by atoms with Crippen molar-refractivity contribution in [3.8, 4) is 11.5 Å². The van der Waals surface area contributed by atoms with Gasteiger partial charge in [-0.25, -0.2) is 8.42 Å². The molecule has 0 aromatic heterocycles. The molecule has 0 unspecified atom stereocenters. The molecule has 0 aliphatic carbocycles. The molecule has 3 aromatic carbocycles. The summed E-state index contributed by atoms with van der Waals surface area (Å²) in [6.07, 6.45) is 0. The van der Waals surface area contributed by atoms with Crippen LogP contribution in [0.1, 0.15) is 15.9 Å². The van der Waals surface area contributed by atoms with Gasteiger partial charge in [0, 0.05) is 23.4 Å². The van der Waals surface area contributed by atoms with E-state index in [0.717, 1.165) is 5.56 Å². The Labute approximate surface area is 175 Å². The van der Waals surface area contributed by atoms with Crippen molar-refractivity contribution in [1.29, 1.82) is 0 Å². The first-order valence-electron chi connectivity index (χ1n) is 9.10. The van der Waals surface area contributed by atoms with Gasteiger partial charge in [0.2, 0.25) is 0 Å². The van der Waals surface area contributed by atoms with Crippen LogP contribution in [0.4, 0.5) is 5.69 Å². The zero-order valence-corrected chi connectivity index (χ0v) is 17.4. The number of anilines is 1. The summed E-state index contributed by atoms with van der Waals surface area (Å²) in [4.78, 5) is 12.7. The van der Waals surface area contributed by atoms with Crippen molar-refractivity contribution in [3.05, 3.63) is 83.9 Å². The highest BCUT2D eigenvalue weighted by molar-refractivity contribution is 7.92. The van der Waals surface area contributed by atoms with Crippen LogP contribution < -0.4 is 19.5 Å². The number of hydrogen-bond donors (Lipinski definition) is 2. The predicted octanol–water partition coefficient (Wildman–Crippen LogP) is 3.43. The monoisotopic (exact) mass is 426 g/mol. The number of methoxy groups -OCH3 is 2. The normalized spacial score (nSPS) is 10.9. The van der Waals surface area contributed by atoms with Crippen LogP contribution in [0.25, 0.3) is 0 Å². The van der Waals surface area contributed by atoms with Crippen molar-refractivity contribution in [2.24, 2.45) is 0 Å². The van der Waals surface area contributed by atoms with Crippen molar-refractivity contribution in [3.63, 3.8) is 0 Å². The molecule has 3 aromatic rings. The molecule has 0 aliphatic heterocycles. The second kappa shape index (κ2) is 9.32. The van der Waals surface area contributed by atoms with E-state index in [0.29, 0.717) is 22.7 Å². The lowest BCUT2D eigenvalue weighted by Gasteiger charge is -2.12. The Balaban J connectivity index is 1.72. The molecule has 0 atom stereocenters. The zero-order valence-electron chi connectivity index (χ0n) is 16.6. The van der Waals surface area contributed by atoms with Crippen LogP contribution in [0.3, 0.4) is 0 Å². The maximum atomic E-state index is 12.6. The van der Waals surface area contributed by atoms with E-state index >= 15 is 0 Å². The maximum absolute atomic E-state index is 12.6. The third-order valence-corrected chi connectivity index (χ3v) is 5.75. The van der Waals surface area contributed by atoms with Crippen LogP contribution in [-0.4, -0.2) is 28.5 Å². The molecule has 0 heterocycles. The predicted molar refractivity (Wildman–Crippen MR) is 114 cm³/mol. The summed E-state index contributed by atoms with van der Waals surface area (Å²) in [7, 11) is -0.627. The number of carbonyl (C=O) groups excluding carboxylic acids is 1. The third-order valence-electron chi connectivity index (χ3n) is 4.36. The van der Waals surface area contributed by atoms with Gasteiger partial charge in [0.05, 0.1) is 19.1 Å². The molecule has 2 N–H and O–H groups in total. The first-order chi connectivity index (χ1) is 14.4. The number of benzene rings is 3. The van der Waals surface area contributed by atoms with Crippen molar-refractivity contribution in [2.75, 3.05) is 18.9 Å². The maximum Gasteiger partial charge on any atom is 0.261 e. The molecule has 0 saturated heterocycles. The van der Waals surface area contributed by atoms with Crippen LogP contribution >= 0.6 is 0 Å². The zero-order chi connectivity index (χ0) is 21.6. The fraction of sp³-hybridized carbons (Fsp3) is 0.136. The molecule has 156 valence electrons. The SMILES string of the molecule is COc1ccc(OC)c(CNC(=O)c2cccc(NS(=O)(=O)c3ccccc3)c2)c1. The Kier molecular flexibility index (Phi) is 6.58. The van der Waals surface area contributed by atoms with Gasteiger partial charge in [0.1, 0.15) is 11.5 Å². The van der Waals surface area contributed by atoms with E-state index in [2.05, 4.69) is 10.0 Å². The van der Waals surface area contributed by atoms with Crippen LogP contribution in [-0.2, 0) is 16.6 Å². The summed E-state index contributed by atoms with van der Waals surface area (Å²) >= 11 is 0. The highest BCUT2D eigenvalue weighted by atomic mass is 32.2. The van der Waals surface area contributed by atoms with E-state index in [4.69, 9.17) is 9.47 Å². The van der Waals surface area contributed by atoms with E-state index in [9.17, 15) is 13.2 Å². The fourth-order valence-corrected chi connectivity index (χ4v) is 3.91. The highest BCUT2D eigenvalue weighted by Crippen LogP contribution is 2.24. The van der Waals surface area contributed by atoms with Crippen molar-refractivity contribution in [2.45, 2.75) is 11.4 Å². The third kappa shape index (κ3) is 5.09. The lowest BCUT2D eigenvalue weighted by molar-refractivity contribution is 0.0950. The lowest BCUT2D eigenvalue weighted by atomic mass is 10.1. The average Bonchev–Trinajstić information content (AvgIpc) is 2.77. The summed E-state index contributed by atoms with van der Waals surface area (Å²) in [6, 6.07) is 19.6. The largest absolute Gasteiger partial charge is 0.497 e. The van der Waals surface area contributed by atoms with E-state index in [1.165, 1.54) is 18.2 Å². The van der Waals surface area contributed by atoms with Crippen molar-refractivity contribution in [1.82, 2.24) is 5.32 Å². The molecule has 7 nitrogen and oxygen atoms in total. The summed E-state index contributed by atoms with van der Waals surface area (Å²) in [5.41, 5.74) is 1.38. The van der Waals surface area contributed by atoms with Crippen LogP contribution in [0, 0.1) is 0 Å². The molecule has 30 heavy (non-hydrogen) atoms. The fourth-order valence-electron chi connectivity index (χ4n) is 2.84. The Bertz CT molecular complexity index is 1130. The molecule has 8 heteroatoms. The number of rotatable bonds is 8. The topological polar surface area (TPSA) is 93.7 Å². The van der Waals surface area contributed by atoms with Crippen LogP contribution in [0.2, 0.25) is 0 Å². The molecule has 3 rings (SSSR count). The second-order valence-electron chi connectivity index (χ2n) is 6.36. The number of amides is 1. The Morgan fingerprint density at radius 1 is 0.900 bits per heavy atom. The number of carbonyl (C=O) groups is 1. The highest BCUT2D eigenvalue weighted by Gasteiger charge is 2.15. The summed E-state index contributed by atoms with van der Waals surface area (Å²) in [5, 5.41) is 2.81. The van der Waals surface area contributed by atoms with Gasteiger partial charge in [0.15, 0.2) is 0 Å². The molecule has 0 radical (unpaired) electrons. The number of ether oxygens (including phenoxy) is 2. The van der Waals surface area contributed by atoms with Crippen molar-refractivity contribution < 1.29 is 22.7 Å². The molecule has 1 amide bonds. The van der Waals surface area contributed by atoms with E-state index in [-0.39, 0.29) is 17.3 Å². The van der Waals surface area contributed by atoms with Gasteiger partial charge in [-0.15, -0.1) is 0 Å². The molecule has 0 aliphatic rings. The minimum atomic E-state index is -3.74. The summed E-state index contributed by atoms with van der Waals surface area (Å²) in [5.74, 6) is 0.929. The molecule has 0 bridgehead atoms. The average molecular weight is 426 g/mol. The smallest absolute Gasteiger partial charge is 0.261 e. The van der Waals surface area contributed by atoms with E-state index in [1.807, 2.05) is 0 Å². The standard InChI is InChI=1S/C22H22N2O5S/c1-28-19-11-12-21(29-2)17(14-19)15-23-22(25)16-7-6-8-18(13-16)24-30(26,27)20-9-4-3-5-10-20/h3-14,24H,15H2,1-2H3,(H,23,25). The summed E-state index contributed by atoms with van der Waals surface area (Å²) < 4.78 is 38.0. The minimum Gasteiger partial charge on any atom is -0.497 e. The molecular formula is C22H22N2O5S. The van der Waals surface area contributed by atoms with Gasteiger partial charge >= 0.3 is 0 Å². The van der Waals surface area contributed by atoms with Gasteiger partial charge in [0.25, 0.3) is 15.9 Å². The molecule has 0 fully saturated rings. The van der Waals surface area contributed by atoms with Gasteiger partial charge in [-0.3, -0.25) is 9.52 Å². The van der Waals surface area contributed by atoms with E-state index < -0.39 is 10.0 Å². The number of sulfonamides is 1. The lowest BCUT2D eigenvalue weighted by Crippen LogP contribution is -2.23. The molecule has 0 spiro atoms. The van der Waals surface area contributed by atoms with E-state index in [1.54, 1.807) is 68.8 Å². The second-order valence-corrected chi connectivity index (χ2v) is 8.04. The quantitative estimate of drug-likeness (QED) is 0.576. The summed E-state index contributed by atoms with van der Waals surface area (Å²) in [6.45, 7) is 0.221. The first-order valence-corrected chi connectivity index (χ1v) is 10.6. The Morgan fingerprint density at radius 3 is 2.37 bits per heavy atom. The number of hydrogen-bond acceptors (Lipinski definition) is 5. The van der Waals surface area contributed by atoms with Crippen LogP contribution in [0.15, 0.2) is 77.7 Å². The van der Waals surface area contributed by atoms with Gasteiger partial charge < -0.3 is 14.8 Å². The van der Waals surface area contributed by atoms with Gasteiger partial charge in [-0.05, 0) is 48.5 Å². The van der Waals surface area contributed by atoms with Gasteiger partial charge in [-0.2, -0.15) is 0 Å².